The van der Waals surface area contributed by atoms with Crippen molar-refractivity contribution in [2.75, 3.05) is 6.54 Å². The van der Waals surface area contributed by atoms with Crippen molar-refractivity contribution in [3.8, 4) is 0 Å². The third-order valence-electron chi connectivity index (χ3n) is 2.25. The van der Waals surface area contributed by atoms with Crippen molar-refractivity contribution >= 4 is 29.2 Å². The maximum Gasteiger partial charge on any atom is 0.326 e. The number of hydrogen-bond donors (Lipinski definition) is 4. The summed E-state index contributed by atoms with van der Waals surface area (Å²) in [6, 6.07) is 1.91. The van der Waals surface area contributed by atoms with Gasteiger partial charge in [0.15, 0.2) is 0 Å². The Hall–Kier alpha value is -2.09. The Morgan fingerprint density at radius 2 is 2.16 bits per heavy atom. The lowest BCUT2D eigenvalue weighted by molar-refractivity contribution is -0.140. The zero-order valence-electron chi connectivity index (χ0n) is 10.1. The summed E-state index contributed by atoms with van der Waals surface area (Å²) in [5, 5.41) is 15.4. The Labute approximate surface area is 113 Å². The SMILES string of the molecule is NC(=O)C[C@@H](NC(=O)NCCc1cccs1)C(=O)O. The Morgan fingerprint density at radius 3 is 2.68 bits per heavy atom. The van der Waals surface area contributed by atoms with Gasteiger partial charge < -0.3 is 21.5 Å². The van der Waals surface area contributed by atoms with Crippen LogP contribution < -0.4 is 16.4 Å². The molecule has 0 aliphatic rings. The fraction of sp³-hybridized carbons (Fsp3) is 0.364. The molecule has 0 unspecified atom stereocenters. The first-order chi connectivity index (χ1) is 8.99. The largest absolute Gasteiger partial charge is 0.480 e. The fourth-order valence-electron chi connectivity index (χ4n) is 1.36. The molecule has 0 radical (unpaired) electrons. The lowest BCUT2D eigenvalue weighted by Crippen LogP contribution is -2.48. The number of carboxylic acids is 1. The first-order valence-corrected chi connectivity index (χ1v) is 6.45. The van der Waals surface area contributed by atoms with Gasteiger partial charge >= 0.3 is 12.0 Å². The van der Waals surface area contributed by atoms with Crippen LogP contribution in [-0.2, 0) is 16.0 Å². The molecular weight excluding hydrogens is 270 g/mol. The molecule has 0 spiro atoms. The van der Waals surface area contributed by atoms with E-state index in [1.807, 2.05) is 17.5 Å². The number of aliphatic carboxylic acids is 1. The average molecular weight is 285 g/mol. The summed E-state index contributed by atoms with van der Waals surface area (Å²) < 4.78 is 0. The molecule has 0 aromatic carbocycles. The molecular formula is C11H15N3O4S. The van der Waals surface area contributed by atoms with Gasteiger partial charge in [-0.15, -0.1) is 11.3 Å². The quantitative estimate of drug-likeness (QED) is 0.559. The van der Waals surface area contributed by atoms with Gasteiger partial charge in [-0.1, -0.05) is 6.07 Å². The maximum atomic E-state index is 11.4. The van der Waals surface area contributed by atoms with Gasteiger partial charge in [-0.05, 0) is 17.9 Å². The number of carbonyl (C=O) groups excluding carboxylic acids is 2. The van der Waals surface area contributed by atoms with Crippen molar-refractivity contribution in [3.63, 3.8) is 0 Å². The van der Waals surface area contributed by atoms with Crippen LogP contribution in [0.5, 0.6) is 0 Å². The van der Waals surface area contributed by atoms with E-state index < -0.39 is 30.4 Å². The molecule has 7 nitrogen and oxygen atoms in total. The minimum atomic E-state index is -1.31. The predicted molar refractivity (Wildman–Crippen MR) is 69.8 cm³/mol. The van der Waals surface area contributed by atoms with Gasteiger partial charge in [-0.3, -0.25) is 4.79 Å². The van der Waals surface area contributed by atoms with Crippen LogP contribution in [0.15, 0.2) is 17.5 Å². The van der Waals surface area contributed by atoms with E-state index in [2.05, 4.69) is 10.6 Å². The van der Waals surface area contributed by atoms with Crippen LogP contribution in [0.25, 0.3) is 0 Å². The Bertz CT molecular complexity index is 447. The average Bonchev–Trinajstić information content (AvgIpc) is 2.80. The second kappa shape index (κ2) is 7.37. The molecule has 3 amide bonds. The van der Waals surface area contributed by atoms with Gasteiger partial charge in [0.25, 0.3) is 0 Å². The van der Waals surface area contributed by atoms with E-state index in [-0.39, 0.29) is 0 Å². The fourth-order valence-corrected chi connectivity index (χ4v) is 2.07. The highest BCUT2D eigenvalue weighted by Gasteiger charge is 2.21. The Morgan fingerprint density at radius 1 is 1.42 bits per heavy atom. The summed E-state index contributed by atoms with van der Waals surface area (Å²) in [7, 11) is 0. The van der Waals surface area contributed by atoms with Crippen molar-refractivity contribution in [3.05, 3.63) is 22.4 Å². The van der Waals surface area contributed by atoms with Gasteiger partial charge in [0.2, 0.25) is 5.91 Å². The Balaban J connectivity index is 2.32. The molecule has 0 saturated carbocycles. The highest BCUT2D eigenvalue weighted by Crippen LogP contribution is 2.07. The van der Waals surface area contributed by atoms with E-state index in [1.165, 1.54) is 0 Å². The second-order valence-electron chi connectivity index (χ2n) is 3.79. The van der Waals surface area contributed by atoms with Crippen LogP contribution in [0.2, 0.25) is 0 Å². The second-order valence-corrected chi connectivity index (χ2v) is 4.82. The molecule has 104 valence electrons. The molecule has 0 fully saturated rings. The van der Waals surface area contributed by atoms with Gasteiger partial charge in [-0.25, -0.2) is 9.59 Å². The molecule has 1 aromatic heterocycles. The number of amides is 3. The van der Waals surface area contributed by atoms with Crippen molar-refractivity contribution in [1.29, 1.82) is 0 Å². The van der Waals surface area contributed by atoms with Gasteiger partial charge in [0.05, 0.1) is 6.42 Å². The lowest BCUT2D eigenvalue weighted by atomic mass is 10.2. The summed E-state index contributed by atoms with van der Waals surface area (Å²) in [5.74, 6) is -2.08. The number of hydrogen-bond acceptors (Lipinski definition) is 4. The maximum absolute atomic E-state index is 11.4. The highest BCUT2D eigenvalue weighted by atomic mass is 32.1. The Kier molecular flexibility index (Phi) is 5.80. The molecule has 5 N–H and O–H groups in total. The molecule has 1 heterocycles. The molecule has 0 saturated heterocycles. The van der Waals surface area contributed by atoms with Crippen molar-refractivity contribution < 1.29 is 19.5 Å². The normalized spacial score (nSPS) is 11.6. The number of carbonyl (C=O) groups is 3. The van der Waals surface area contributed by atoms with E-state index in [0.29, 0.717) is 13.0 Å². The van der Waals surface area contributed by atoms with Crippen LogP contribution in [0.1, 0.15) is 11.3 Å². The first kappa shape index (κ1) is 15.0. The van der Waals surface area contributed by atoms with Crippen molar-refractivity contribution in [1.82, 2.24) is 10.6 Å². The van der Waals surface area contributed by atoms with E-state index in [9.17, 15) is 14.4 Å². The lowest BCUT2D eigenvalue weighted by Gasteiger charge is -2.13. The van der Waals surface area contributed by atoms with Crippen molar-refractivity contribution in [2.45, 2.75) is 18.9 Å². The zero-order valence-corrected chi connectivity index (χ0v) is 10.9. The third-order valence-corrected chi connectivity index (χ3v) is 3.18. The number of rotatable bonds is 7. The van der Waals surface area contributed by atoms with Crippen LogP contribution in [0.4, 0.5) is 4.79 Å². The molecule has 19 heavy (non-hydrogen) atoms. The van der Waals surface area contributed by atoms with E-state index in [1.54, 1.807) is 11.3 Å². The zero-order chi connectivity index (χ0) is 14.3. The summed E-state index contributed by atoms with van der Waals surface area (Å²) in [4.78, 5) is 34.0. The molecule has 8 heteroatoms. The summed E-state index contributed by atoms with van der Waals surface area (Å²) in [6.45, 7) is 0.384. The van der Waals surface area contributed by atoms with E-state index in [0.717, 1.165) is 4.88 Å². The van der Waals surface area contributed by atoms with Crippen LogP contribution in [0, 0.1) is 0 Å². The summed E-state index contributed by atoms with van der Waals surface area (Å²) in [6.07, 6.45) is 0.228. The van der Waals surface area contributed by atoms with Crippen LogP contribution in [-0.4, -0.2) is 35.6 Å². The summed E-state index contributed by atoms with van der Waals surface area (Å²) >= 11 is 1.57. The van der Waals surface area contributed by atoms with Crippen LogP contribution >= 0.6 is 11.3 Å². The number of urea groups is 1. The van der Waals surface area contributed by atoms with E-state index in [4.69, 9.17) is 10.8 Å². The first-order valence-electron chi connectivity index (χ1n) is 5.57. The standard InChI is InChI=1S/C11H15N3O4S/c12-9(15)6-8(10(16)17)14-11(18)13-4-3-7-2-1-5-19-7/h1-2,5,8H,3-4,6H2,(H2,12,15)(H,16,17)(H2,13,14,18)/t8-/m1/s1. The van der Waals surface area contributed by atoms with Gasteiger partial charge in [-0.2, -0.15) is 0 Å². The minimum absolute atomic E-state index is 0.384. The predicted octanol–water partition coefficient (Wildman–Crippen LogP) is -0.0816. The number of carboxylic acid groups (broad SMARTS) is 1. The van der Waals surface area contributed by atoms with Crippen molar-refractivity contribution in [2.24, 2.45) is 5.73 Å². The molecule has 1 rings (SSSR count). The monoisotopic (exact) mass is 285 g/mol. The number of primary amides is 1. The molecule has 0 aliphatic carbocycles. The third kappa shape index (κ3) is 5.87. The summed E-state index contributed by atoms with van der Waals surface area (Å²) in [5.41, 5.74) is 4.90. The number of thiophene rings is 1. The molecule has 0 aliphatic heterocycles. The molecule has 1 atom stereocenters. The number of nitrogens with one attached hydrogen (secondary N) is 2. The van der Waals surface area contributed by atoms with Gasteiger partial charge in [0, 0.05) is 11.4 Å². The minimum Gasteiger partial charge on any atom is -0.480 e. The van der Waals surface area contributed by atoms with E-state index >= 15 is 0 Å². The molecule has 1 aromatic rings. The smallest absolute Gasteiger partial charge is 0.326 e. The molecule has 0 bridgehead atoms. The number of nitrogens with two attached hydrogens (primary N) is 1. The van der Waals surface area contributed by atoms with Gasteiger partial charge in [0.1, 0.15) is 6.04 Å². The topological polar surface area (TPSA) is 122 Å². The highest BCUT2D eigenvalue weighted by molar-refractivity contribution is 7.09. The van der Waals surface area contributed by atoms with Crippen LogP contribution in [0.3, 0.4) is 0 Å².